The number of hydrogen-bond acceptors (Lipinski definition) is 6. The minimum Gasteiger partial charge on any atom is -0.548 e. The van der Waals surface area contributed by atoms with Crippen molar-refractivity contribution in [3.05, 3.63) is 59.7 Å². The van der Waals surface area contributed by atoms with Crippen LogP contribution in [0.25, 0.3) is 11.1 Å². The number of carbonyl (C=O) groups is 3. The van der Waals surface area contributed by atoms with E-state index in [2.05, 4.69) is 10.6 Å². The number of carboxylic acids is 1. The summed E-state index contributed by atoms with van der Waals surface area (Å²) in [4.78, 5) is 34.3. The van der Waals surface area contributed by atoms with Crippen LogP contribution < -0.4 is 15.7 Å². The van der Waals surface area contributed by atoms with Gasteiger partial charge in [-0.1, -0.05) is 48.5 Å². The minimum atomic E-state index is -1.41. The summed E-state index contributed by atoms with van der Waals surface area (Å²) in [6, 6.07) is 14.7. The van der Waals surface area contributed by atoms with Gasteiger partial charge in [-0.15, -0.1) is 11.8 Å². The van der Waals surface area contributed by atoms with Gasteiger partial charge in [-0.2, -0.15) is 0 Å². The van der Waals surface area contributed by atoms with Gasteiger partial charge in [-0.05, 0) is 22.3 Å². The van der Waals surface area contributed by atoms with Crippen molar-refractivity contribution in [2.75, 3.05) is 18.2 Å². The molecule has 0 bridgehead atoms. The molecule has 1 atom stereocenters. The number of rotatable bonds is 8. The Hall–Kier alpha value is -3.00. The number of amides is 2. The lowest BCUT2D eigenvalue weighted by molar-refractivity contribution is -0.307. The second kappa shape index (κ2) is 9.47. The van der Waals surface area contributed by atoms with Gasteiger partial charge in [-0.25, -0.2) is 4.79 Å². The van der Waals surface area contributed by atoms with Gasteiger partial charge in [-0.3, -0.25) is 4.79 Å². The number of thioether (sulfide) groups is 1. The first-order chi connectivity index (χ1) is 14.0. The predicted molar refractivity (Wildman–Crippen MR) is 108 cm³/mol. The number of carboxylic acid groups (broad SMARTS) is 1. The number of aliphatic carboxylic acids is 1. The van der Waals surface area contributed by atoms with Crippen LogP contribution in [0.3, 0.4) is 0 Å². The van der Waals surface area contributed by atoms with E-state index < -0.39 is 18.1 Å². The zero-order chi connectivity index (χ0) is 20.8. The highest BCUT2D eigenvalue weighted by Crippen LogP contribution is 2.44. The van der Waals surface area contributed by atoms with Crippen molar-refractivity contribution in [1.82, 2.24) is 10.6 Å². The fourth-order valence-corrected chi connectivity index (χ4v) is 4.16. The molecule has 0 radical (unpaired) electrons. The van der Waals surface area contributed by atoms with Gasteiger partial charge in [0, 0.05) is 18.6 Å². The number of nitrogens with one attached hydrogen (secondary N) is 2. The van der Waals surface area contributed by atoms with Crippen LogP contribution in [0.1, 0.15) is 24.0 Å². The van der Waals surface area contributed by atoms with E-state index in [1.807, 2.05) is 48.5 Å². The lowest BCUT2D eigenvalue weighted by Crippen LogP contribution is -2.50. The fourth-order valence-electron chi connectivity index (χ4n) is 3.28. The first-order valence-corrected chi connectivity index (χ1v) is 10.3. The molecular formula is C21H21N2O5S-. The third kappa shape index (κ3) is 5.08. The van der Waals surface area contributed by atoms with E-state index in [-0.39, 0.29) is 30.1 Å². The lowest BCUT2D eigenvalue weighted by Gasteiger charge is -2.20. The molecular weight excluding hydrogens is 392 g/mol. The second-order valence-electron chi connectivity index (χ2n) is 6.59. The van der Waals surface area contributed by atoms with Gasteiger partial charge in [0.1, 0.15) is 6.61 Å². The maximum atomic E-state index is 12.2. The third-order valence-electron chi connectivity index (χ3n) is 4.63. The number of benzene rings is 2. The molecule has 3 rings (SSSR count). The molecule has 0 aromatic heterocycles. The summed E-state index contributed by atoms with van der Waals surface area (Å²) in [6.45, 7) is 1.46. The maximum absolute atomic E-state index is 12.2. The SMILES string of the molecule is CC(=O)NCSC[C@@H](NC(=O)OCC1c2ccccc2-c2ccccc21)C(=O)[O-]. The van der Waals surface area contributed by atoms with E-state index in [4.69, 9.17) is 4.74 Å². The molecule has 2 aromatic carbocycles. The highest BCUT2D eigenvalue weighted by Gasteiger charge is 2.29. The van der Waals surface area contributed by atoms with Gasteiger partial charge in [0.25, 0.3) is 0 Å². The molecule has 1 aliphatic carbocycles. The number of hydrogen-bond donors (Lipinski definition) is 2. The van der Waals surface area contributed by atoms with Crippen molar-refractivity contribution < 1.29 is 24.2 Å². The van der Waals surface area contributed by atoms with E-state index in [9.17, 15) is 19.5 Å². The molecule has 2 N–H and O–H groups in total. The van der Waals surface area contributed by atoms with Gasteiger partial charge >= 0.3 is 6.09 Å². The van der Waals surface area contributed by atoms with Crippen molar-refractivity contribution in [2.24, 2.45) is 0 Å². The van der Waals surface area contributed by atoms with Gasteiger partial charge in [0.2, 0.25) is 5.91 Å². The summed E-state index contributed by atoms with van der Waals surface area (Å²) in [5.41, 5.74) is 4.37. The Morgan fingerprint density at radius 2 is 1.66 bits per heavy atom. The summed E-state index contributed by atoms with van der Waals surface area (Å²) in [5.74, 6) is -1.44. The minimum absolute atomic E-state index is 0.0484. The summed E-state index contributed by atoms with van der Waals surface area (Å²) in [7, 11) is 0. The third-order valence-corrected chi connectivity index (χ3v) is 5.55. The summed E-state index contributed by atoms with van der Waals surface area (Å²) >= 11 is 1.16. The van der Waals surface area contributed by atoms with Crippen molar-refractivity contribution in [3.8, 4) is 11.1 Å². The molecule has 29 heavy (non-hydrogen) atoms. The first kappa shape index (κ1) is 20.7. The van der Waals surface area contributed by atoms with Crippen LogP contribution in [-0.2, 0) is 14.3 Å². The van der Waals surface area contributed by atoms with E-state index in [1.165, 1.54) is 6.92 Å². The Labute approximate surface area is 172 Å². The molecule has 0 fully saturated rings. The number of alkyl carbamates (subject to hydrolysis) is 1. The molecule has 0 aliphatic heterocycles. The highest BCUT2D eigenvalue weighted by atomic mass is 32.2. The van der Waals surface area contributed by atoms with Crippen LogP contribution >= 0.6 is 11.8 Å². The zero-order valence-corrected chi connectivity index (χ0v) is 16.7. The lowest BCUT2D eigenvalue weighted by atomic mass is 9.98. The maximum Gasteiger partial charge on any atom is 0.407 e. The van der Waals surface area contributed by atoms with E-state index in [1.54, 1.807) is 0 Å². The summed E-state index contributed by atoms with van der Waals surface area (Å²) < 4.78 is 5.34. The predicted octanol–water partition coefficient (Wildman–Crippen LogP) is 1.47. The molecule has 0 saturated heterocycles. The van der Waals surface area contributed by atoms with Gasteiger partial charge < -0.3 is 25.3 Å². The highest BCUT2D eigenvalue weighted by molar-refractivity contribution is 7.99. The molecule has 0 unspecified atom stereocenters. The molecule has 0 spiro atoms. The molecule has 0 saturated carbocycles. The Balaban J connectivity index is 1.58. The second-order valence-corrected chi connectivity index (χ2v) is 7.62. The van der Waals surface area contributed by atoms with Crippen LogP contribution in [0.15, 0.2) is 48.5 Å². The topological polar surface area (TPSA) is 108 Å². The number of ether oxygens (including phenoxy) is 1. The molecule has 0 heterocycles. The molecule has 8 heteroatoms. The van der Waals surface area contributed by atoms with Crippen LogP contribution in [0.4, 0.5) is 4.79 Å². The monoisotopic (exact) mass is 413 g/mol. The van der Waals surface area contributed by atoms with Crippen LogP contribution in [0, 0.1) is 0 Å². The van der Waals surface area contributed by atoms with Crippen molar-refractivity contribution in [3.63, 3.8) is 0 Å². The molecule has 2 aromatic rings. The van der Waals surface area contributed by atoms with Crippen molar-refractivity contribution in [1.29, 1.82) is 0 Å². The molecule has 152 valence electrons. The van der Waals surface area contributed by atoms with E-state index in [0.29, 0.717) is 0 Å². The quantitative estimate of drug-likeness (QED) is 0.501. The molecule has 7 nitrogen and oxygen atoms in total. The summed E-state index contributed by atoms with van der Waals surface area (Å²) in [5, 5.41) is 16.1. The Morgan fingerprint density at radius 3 is 2.21 bits per heavy atom. The smallest absolute Gasteiger partial charge is 0.407 e. The zero-order valence-electron chi connectivity index (χ0n) is 15.8. The largest absolute Gasteiger partial charge is 0.548 e. The number of fused-ring (bicyclic) bond motifs is 3. The Bertz CT molecular complexity index is 872. The Morgan fingerprint density at radius 1 is 1.07 bits per heavy atom. The van der Waals surface area contributed by atoms with Gasteiger partial charge in [0.05, 0.1) is 17.9 Å². The van der Waals surface area contributed by atoms with Gasteiger partial charge in [0.15, 0.2) is 0 Å². The fraction of sp³-hybridized carbons (Fsp3) is 0.286. The average molecular weight is 413 g/mol. The van der Waals surface area contributed by atoms with Crippen LogP contribution in [0.2, 0.25) is 0 Å². The van der Waals surface area contributed by atoms with E-state index >= 15 is 0 Å². The van der Waals surface area contributed by atoms with E-state index in [0.717, 1.165) is 34.0 Å². The number of carbonyl (C=O) groups excluding carboxylic acids is 3. The molecule has 2 amide bonds. The van der Waals surface area contributed by atoms with Crippen molar-refractivity contribution in [2.45, 2.75) is 18.9 Å². The summed E-state index contributed by atoms with van der Waals surface area (Å²) in [6.07, 6.45) is -0.818. The van der Waals surface area contributed by atoms with Crippen LogP contribution in [0.5, 0.6) is 0 Å². The van der Waals surface area contributed by atoms with Crippen LogP contribution in [-0.4, -0.2) is 42.2 Å². The van der Waals surface area contributed by atoms with Crippen molar-refractivity contribution >= 4 is 29.7 Å². The normalized spacial score (nSPS) is 13.1. The average Bonchev–Trinajstić information content (AvgIpc) is 3.02. The Kier molecular flexibility index (Phi) is 6.77. The standard InChI is InChI=1S/C21H22N2O5S/c1-13(24)22-12-29-11-19(20(25)26)23-21(27)28-10-18-16-8-4-2-6-14(16)15-7-3-5-9-17(15)18/h2-9,18-19H,10-12H2,1H3,(H,22,24)(H,23,27)(H,25,26)/p-1/t19-/m1/s1. The molecule has 1 aliphatic rings. The first-order valence-electron chi connectivity index (χ1n) is 9.12.